The van der Waals surface area contributed by atoms with Crippen molar-refractivity contribution in [2.75, 3.05) is 13.2 Å². The molecule has 0 aliphatic heterocycles. The Kier molecular flexibility index (Phi) is 60.9. The summed E-state index contributed by atoms with van der Waals surface area (Å²) >= 11 is 0. The molecule has 2 unspecified atom stereocenters. The number of aliphatic hydroxyl groups excluding tert-OH is 2. The lowest BCUT2D eigenvalue weighted by Crippen LogP contribution is -2.45. The van der Waals surface area contributed by atoms with Gasteiger partial charge in [0.15, 0.2) is 0 Å². The Morgan fingerprint density at radius 1 is 0.375 bits per heavy atom. The molecular formula is C66H129NO5. The number of amides is 1. The van der Waals surface area contributed by atoms with Gasteiger partial charge in [-0.2, -0.15) is 0 Å². The number of hydrogen-bond acceptors (Lipinski definition) is 5. The summed E-state index contributed by atoms with van der Waals surface area (Å²) in [5, 5.41) is 23.2. The van der Waals surface area contributed by atoms with Crippen molar-refractivity contribution < 1.29 is 24.5 Å². The molecule has 0 aliphatic carbocycles. The molecule has 0 saturated heterocycles. The summed E-state index contributed by atoms with van der Waals surface area (Å²) in [5.41, 5.74) is 0. The highest BCUT2D eigenvalue weighted by molar-refractivity contribution is 5.76. The van der Waals surface area contributed by atoms with Gasteiger partial charge in [0.25, 0.3) is 0 Å². The van der Waals surface area contributed by atoms with Crippen LogP contribution >= 0.6 is 0 Å². The maximum absolute atomic E-state index is 12.5. The van der Waals surface area contributed by atoms with Crippen LogP contribution in [0.4, 0.5) is 0 Å². The summed E-state index contributed by atoms with van der Waals surface area (Å²) in [4.78, 5) is 24.6. The topological polar surface area (TPSA) is 95.9 Å². The summed E-state index contributed by atoms with van der Waals surface area (Å²) in [6.07, 6.45) is 75.4. The van der Waals surface area contributed by atoms with Gasteiger partial charge in [0.1, 0.15) is 0 Å². The van der Waals surface area contributed by atoms with Crippen LogP contribution in [0.15, 0.2) is 12.2 Å². The molecule has 0 heterocycles. The van der Waals surface area contributed by atoms with E-state index in [0.29, 0.717) is 19.4 Å². The Labute approximate surface area is 450 Å². The molecule has 0 fully saturated rings. The van der Waals surface area contributed by atoms with Gasteiger partial charge < -0.3 is 20.3 Å². The third-order valence-corrected chi connectivity index (χ3v) is 15.6. The van der Waals surface area contributed by atoms with Crippen molar-refractivity contribution in [2.24, 2.45) is 0 Å². The van der Waals surface area contributed by atoms with Crippen LogP contribution in [-0.2, 0) is 14.3 Å². The third kappa shape index (κ3) is 57.9. The van der Waals surface area contributed by atoms with Gasteiger partial charge in [-0.25, -0.2) is 0 Å². The van der Waals surface area contributed by atoms with Crippen LogP contribution in [0.25, 0.3) is 0 Å². The quantitative estimate of drug-likeness (QED) is 0.0320. The predicted octanol–water partition coefficient (Wildman–Crippen LogP) is 20.8. The molecule has 428 valence electrons. The van der Waals surface area contributed by atoms with Crippen LogP contribution < -0.4 is 5.32 Å². The molecule has 72 heavy (non-hydrogen) atoms. The van der Waals surface area contributed by atoms with E-state index in [9.17, 15) is 19.8 Å². The molecule has 0 bridgehead atoms. The number of hydrogen-bond donors (Lipinski definition) is 3. The van der Waals surface area contributed by atoms with Crippen LogP contribution in [0.2, 0.25) is 0 Å². The van der Waals surface area contributed by atoms with Crippen molar-refractivity contribution >= 4 is 11.9 Å². The molecule has 0 aliphatic rings. The number of rotatable bonds is 62. The second-order valence-electron chi connectivity index (χ2n) is 22.8. The van der Waals surface area contributed by atoms with E-state index < -0.39 is 12.1 Å². The van der Waals surface area contributed by atoms with Crippen LogP contribution in [0.3, 0.4) is 0 Å². The normalized spacial score (nSPS) is 12.6. The number of aliphatic hydroxyl groups is 2. The van der Waals surface area contributed by atoms with Crippen LogP contribution in [-0.4, -0.2) is 47.4 Å². The number of unbranched alkanes of at least 4 members (excludes halogenated alkanes) is 51. The standard InChI is InChI=1S/C66H129NO5/c1-3-5-7-9-11-13-15-17-19-20-21-22-23-24-25-27-31-34-38-42-46-50-54-58-64(69)63(62-68)67-65(70)59-55-51-47-43-39-35-32-28-26-29-33-37-41-45-49-53-57-61-72-66(71)60-56-52-48-44-40-36-30-18-16-14-12-10-8-6-4-2/h54,58,63-64,68-69H,3-53,55-57,59-62H2,1-2H3,(H,67,70)/b58-54+. The average Bonchev–Trinajstić information content (AvgIpc) is 3.38. The van der Waals surface area contributed by atoms with E-state index >= 15 is 0 Å². The van der Waals surface area contributed by atoms with E-state index in [1.165, 1.54) is 308 Å². The number of allylic oxidation sites excluding steroid dienone is 1. The summed E-state index contributed by atoms with van der Waals surface area (Å²) in [7, 11) is 0. The van der Waals surface area contributed by atoms with Crippen molar-refractivity contribution in [3.05, 3.63) is 12.2 Å². The maximum atomic E-state index is 12.5. The first-order valence-electron chi connectivity index (χ1n) is 33.0. The Bertz CT molecular complexity index is 1080. The van der Waals surface area contributed by atoms with Crippen LogP contribution in [0, 0.1) is 0 Å². The molecule has 0 rings (SSSR count). The summed E-state index contributed by atoms with van der Waals surface area (Å²) < 4.78 is 5.49. The minimum absolute atomic E-state index is 0.00852. The molecule has 2 atom stereocenters. The van der Waals surface area contributed by atoms with Gasteiger partial charge in [-0.15, -0.1) is 0 Å². The van der Waals surface area contributed by atoms with Crippen molar-refractivity contribution in [1.82, 2.24) is 5.32 Å². The van der Waals surface area contributed by atoms with Gasteiger partial charge in [0, 0.05) is 12.8 Å². The van der Waals surface area contributed by atoms with Crippen LogP contribution in [0.1, 0.15) is 373 Å². The number of ether oxygens (including phenoxy) is 1. The lowest BCUT2D eigenvalue weighted by atomic mass is 10.0. The fourth-order valence-electron chi connectivity index (χ4n) is 10.5. The zero-order valence-corrected chi connectivity index (χ0v) is 48.9. The molecule has 0 aromatic heterocycles. The van der Waals surface area contributed by atoms with Crippen molar-refractivity contribution in [2.45, 2.75) is 386 Å². The Morgan fingerprint density at radius 3 is 0.944 bits per heavy atom. The number of nitrogens with one attached hydrogen (secondary N) is 1. The van der Waals surface area contributed by atoms with Crippen molar-refractivity contribution in [3.63, 3.8) is 0 Å². The Morgan fingerprint density at radius 2 is 0.639 bits per heavy atom. The SMILES string of the molecule is CCCCCCCCCCCCCCCCCCCCCCC/C=C/C(O)C(CO)NC(=O)CCCCCCCCCCCCCCCCCCCOC(=O)CCCCCCCCCCCCCCCCC. The molecule has 3 N–H and O–H groups in total. The lowest BCUT2D eigenvalue weighted by Gasteiger charge is -2.20. The maximum Gasteiger partial charge on any atom is 0.305 e. The monoisotopic (exact) mass is 1020 g/mol. The van der Waals surface area contributed by atoms with E-state index in [1.807, 2.05) is 6.08 Å². The first-order valence-corrected chi connectivity index (χ1v) is 33.0. The van der Waals surface area contributed by atoms with Gasteiger partial charge in [0.05, 0.1) is 25.4 Å². The summed E-state index contributed by atoms with van der Waals surface area (Å²) in [5.74, 6) is -0.0601. The molecule has 0 aromatic rings. The van der Waals surface area contributed by atoms with Crippen molar-refractivity contribution in [1.29, 1.82) is 0 Å². The molecule has 0 saturated carbocycles. The lowest BCUT2D eigenvalue weighted by molar-refractivity contribution is -0.143. The molecule has 6 nitrogen and oxygen atoms in total. The highest BCUT2D eigenvalue weighted by Crippen LogP contribution is 2.19. The minimum Gasteiger partial charge on any atom is -0.466 e. The van der Waals surface area contributed by atoms with Gasteiger partial charge in [-0.1, -0.05) is 341 Å². The first-order chi connectivity index (χ1) is 35.5. The van der Waals surface area contributed by atoms with Gasteiger partial charge in [-0.05, 0) is 32.1 Å². The zero-order valence-electron chi connectivity index (χ0n) is 48.9. The Hall–Kier alpha value is -1.40. The van der Waals surface area contributed by atoms with E-state index in [-0.39, 0.29) is 18.5 Å². The van der Waals surface area contributed by atoms with Gasteiger partial charge >= 0.3 is 5.97 Å². The minimum atomic E-state index is -0.849. The molecule has 0 radical (unpaired) electrons. The first kappa shape index (κ1) is 70.6. The second-order valence-corrected chi connectivity index (χ2v) is 22.8. The zero-order chi connectivity index (χ0) is 52.2. The van der Waals surface area contributed by atoms with Crippen molar-refractivity contribution in [3.8, 4) is 0 Å². The smallest absolute Gasteiger partial charge is 0.305 e. The summed E-state index contributed by atoms with van der Waals surface area (Å²) in [6.45, 7) is 4.93. The highest BCUT2D eigenvalue weighted by Gasteiger charge is 2.18. The third-order valence-electron chi connectivity index (χ3n) is 15.6. The molecule has 1 amide bonds. The second kappa shape index (κ2) is 62.1. The number of carbonyl (C=O) groups is 2. The fraction of sp³-hybridized carbons (Fsp3) is 0.939. The highest BCUT2D eigenvalue weighted by atomic mass is 16.5. The van der Waals surface area contributed by atoms with E-state index in [4.69, 9.17) is 4.74 Å². The molecule has 0 spiro atoms. The number of esters is 1. The molecular weight excluding hydrogens is 887 g/mol. The largest absolute Gasteiger partial charge is 0.466 e. The molecule has 0 aromatic carbocycles. The van der Waals surface area contributed by atoms with E-state index in [2.05, 4.69) is 19.2 Å². The van der Waals surface area contributed by atoms with E-state index in [1.54, 1.807) is 6.08 Å². The van der Waals surface area contributed by atoms with E-state index in [0.717, 1.165) is 38.5 Å². The Balaban J connectivity index is 3.43. The van der Waals surface area contributed by atoms with Gasteiger partial charge in [-0.3, -0.25) is 9.59 Å². The predicted molar refractivity (Wildman–Crippen MR) is 315 cm³/mol. The van der Waals surface area contributed by atoms with Crippen LogP contribution in [0.5, 0.6) is 0 Å². The summed E-state index contributed by atoms with van der Waals surface area (Å²) in [6, 6.07) is -0.632. The van der Waals surface area contributed by atoms with Gasteiger partial charge in [0.2, 0.25) is 5.91 Å². The fourth-order valence-corrected chi connectivity index (χ4v) is 10.5. The number of carbonyl (C=O) groups excluding carboxylic acids is 2. The average molecular weight is 1020 g/mol. The molecule has 6 heteroatoms.